The largest absolute Gasteiger partial charge is 0.194 e. The minimum Gasteiger partial charge on any atom is -0.194 e. The molecule has 0 heterocycles. The molecule has 0 aliphatic carbocycles. The van der Waals surface area contributed by atoms with Crippen LogP contribution in [0.3, 0.4) is 0 Å². The smallest absolute Gasteiger partial charge is 0.0820 e. The number of hydrogen-bond acceptors (Lipinski definition) is 2. The molecular weight excluding hydrogens is 262 g/mol. The quantitative estimate of drug-likeness (QED) is 0.369. The van der Waals surface area contributed by atoms with Crippen LogP contribution in [0.1, 0.15) is 31.7 Å². The maximum Gasteiger partial charge on any atom is 0.0820 e. The van der Waals surface area contributed by atoms with E-state index in [9.17, 15) is 0 Å². The first-order chi connectivity index (χ1) is 9.85. The minimum absolute atomic E-state index is 0.917. The first kappa shape index (κ1) is 14.6. The van der Waals surface area contributed by atoms with Crippen molar-refractivity contribution in [2.24, 2.45) is 4.99 Å². The number of nitrogens with zero attached hydrogens (tertiary/aromatic N) is 1. The first-order valence-corrected chi connectivity index (χ1v) is 7.52. The Labute approximate surface area is 126 Å². The Balaban J connectivity index is 2.31. The van der Waals surface area contributed by atoms with E-state index < -0.39 is 0 Å². The van der Waals surface area contributed by atoms with Gasteiger partial charge in [0.1, 0.15) is 0 Å². The van der Waals surface area contributed by atoms with E-state index in [1.165, 1.54) is 24.8 Å². The predicted octanol–water partition coefficient (Wildman–Crippen LogP) is 5.82. The Kier molecular flexibility index (Phi) is 5.67. The van der Waals surface area contributed by atoms with Crippen LogP contribution < -0.4 is 0 Å². The average Bonchev–Trinajstić information content (AvgIpc) is 2.49. The van der Waals surface area contributed by atoms with Crippen molar-refractivity contribution in [2.75, 3.05) is 0 Å². The van der Waals surface area contributed by atoms with Gasteiger partial charge in [0.2, 0.25) is 0 Å². The molecule has 2 aromatic rings. The third-order valence-corrected chi connectivity index (χ3v) is 3.47. The van der Waals surface area contributed by atoms with Crippen LogP contribution in [0.2, 0.25) is 0 Å². The maximum absolute atomic E-state index is 4.78. The fraction of sp³-hybridized carbons (Fsp3) is 0.278. The third kappa shape index (κ3) is 3.86. The highest BCUT2D eigenvalue weighted by Crippen LogP contribution is 2.31. The fourth-order valence-electron chi connectivity index (χ4n) is 2.32. The molecular formula is C18H19NS. The minimum atomic E-state index is 0.917. The molecule has 0 radical (unpaired) electrons. The van der Waals surface area contributed by atoms with Crippen molar-refractivity contribution in [3.63, 3.8) is 0 Å². The molecule has 0 spiro atoms. The third-order valence-electron chi connectivity index (χ3n) is 3.38. The summed E-state index contributed by atoms with van der Waals surface area (Å²) in [6.07, 6.45) is 4.84. The van der Waals surface area contributed by atoms with E-state index in [2.05, 4.69) is 47.4 Å². The van der Waals surface area contributed by atoms with Gasteiger partial charge in [0, 0.05) is 5.56 Å². The van der Waals surface area contributed by atoms with Gasteiger partial charge in [-0.2, -0.15) is 4.99 Å². The summed E-state index contributed by atoms with van der Waals surface area (Å²) in [5.74, 6) is 0. The number of isothiocyanates is 1. The zero-order chi connectivity index (χ0) is 14.2. The molecule has 0 aliphatic rings. The van der Waals surface area contributed by atoms with Crippen LogP contribution in [-0.2, 0) is 6.42 Å². The summed E-state index contributed by atoms with van der Waals surface area (Å²) in [6.45, 7) is 2.22. The molecule has 0 bridgehead atoms. The molecule has 1 nitrogen and oxygen atoms in total. The zero-order valence-electron chi connectivity index (χ0n) is 11.8. The van der Waals surface area contributed by atoms with Crippen LogP contribution in [0.25, 0.3) is 11.1 Å². The number of aryl methyl sites for hydroxylation is 1. The molecule has 20 heavy (non-hydrogen) atoms. The number of rotatable bonds is 6. The monoisotopic (exact) mass is 281 g/mol. The second-order valence-corrected chi connectivity index (χ2v) is 5.06. The highest BCUT2D eigenvalue weighted by molar-refractivity contribution is 7.78. The van der Waals surface area contributed by atoms with E-state index in [-0.39, 0.29) is 0 Å². The molecule has 2 rings (SSSR count). The topological polar surface area (TPSA) is 12.4 Å². The molecule has 0 saturated heterocycles. The predicted molar refractivity (Wildman–Crippen MR) is 89.8 cm³/mol. The summed E-state index contributed by atoms with van der Waals surface area (Å²) in [5.41, 5.74) is 4.51. The van der Waals surface area contributed by atoms with E-state index in [0.29, 0.717) is 0 Å². The van der Waals surface area contributed by atoms with Crippen molar-refractivity contribution >= 4 is 23.1 Å². The first-order valence-electron chi connectivity index (χ1n) is 7.11. The lowest BCUT2D eigenvalue weighted by molar-refractivity contribution is 0.717. The van der Waals surface area contributed by atoms with Crippen molar-refractivity contribution in [1.82, 2.24) is 0 Å². The van der Waals surface area contributed by atoms with Gasteiger partial charge in [-0.05, 0) is 42.3 Å². The second kappa shape index (κ2) is 7.74. The van der Waals surface area contributed by atoms with Crippen molar-refractivity contribution in [3.05, 3.63) is 54.1 Å². The van der Waals surface area contributed by atoms with Crippen LogP contribution in [0.4, 0.5) is 5.69 Å². The van der Waals surface area contributed by atoms with Crippen LogP contribution in [-0.4, -0.2) is 5.16 Å². The lowest BCUT2D eigenvalue weighted by atomic mass is 9.99. The summed E-state index contributed by atoms with van der Waals surface area (Å²) in [4.78, 5) is 4.24. The molecule has 0 fully saturated rings. The molecule has 0 N–H and O–H groups in total. The van der Waals surface area contributed by atoms with Gasteiger partial charge in [0.15, 0.2) is 0 Å². The van der Waals surface area contributed by atoms with Gasteiger partial charge in [0.25, 0.3) is 0 Å². The molecule has 0 atom stereocenters. The molecule has 0 unspecified atom stereocenters. The average molecular weight is 281 g/mol. The van der Waals surface area contributed by atoms with Crippen LogP contribution in [0.15, 0.2) is 53.5 Å². The van der Waals surface area contributed by atoms with Crippen LogP contribution in [0.5, 0.6) is 0 Å². The number of aliphatic imine (C=N–C) groups is 1. The van der Waals surface area contributed by atoms with Crippen LogP contribution >= 0.6 is 12.2 Å². The number of hydrogen-bond donors (Lipinski definition) is 0. The Morgan fingerprint density at radius 2 is 1.85 bits per heavy atom. The lowest BCUT2D eigenvalue weighted by Gasteiger charge is -2.08. The standard InChI is InChI=1S/C18H19NS/c1-2-3-5-8-15-11-12-17(18(13-15)19-14-20)16-9-6-4-7-10-16/h4,6-7,9-13H,2-3,5,8H2,1H3. The summed E-state index contributed by atoms with van der Waals surface area (Å²) >= 11 is 4.78. The van der Waals surface area contributed by atoms with Crippen molar-refractivity contribution < 1.29 is 0 Å². The Bertz CT molecular complexity index is 598. The van der Waals surface area contributed by atoms with Crippen molar-refractivity contribution in [1.29, 1.82) is 0 Å². The molecule has 0 aliphatic heterocycles. The summed E-state index contributed by atoms with van der Waals surface area (Å²) in [5, 5.41) is 2.50. The highest BCUT2D eigenvalue weighted by Gasteiger charge is 2.05. The van der Waals surface area contributed by atoms with E-state index in [1.807, 2.05) is 18.2 Å². The molecule has 0 aromatic heterocycles. The Morgan fingerprint density at radius 3 is 2.55 bits per heavy atom. The molecule has 0 saturated carbocycles. The van der Waals surface area contributed by atoms with Crippen molar-refractivity contribution in [3.8, 4) is 11.1 Å². The zero-order valence-corrected chi connectivity index (χ0v) is 12.6. The molecule has 0 amide bonds. The van der Waals surface area contributed by atoms with Gasteiger partial charge in [-0.25, -0.2) is 0 Å². The number of thiocarbonyl (C=S) groups is 1. The van der Waals surface area contributed by atoms with E-state index in [0.717, 1.165) is 23.2 Å². The number of unbranched alkanes of at least 4 members (excludes halogenated alkanes) is 2. The Morgan fingerprint density at radius 1 is 1.05 bits per heavy atom. The molecule has 2 heteroatoms. The molecule has 102 valence electrons. The normalized spacial score (nSPS) is 10.1. The van der Waals surface area contributed by atoms with Gasteiger partial charge in [-0.15, -0.1) is 0 Å². The van der Waals surface area contributed by atoms with Gasteiger partial charge >= 0.3 is 0 Å². The Hall–Kier alpha value is -1.76. The van der Waals surface area contributed by atoms with Crippen LogP contribution in [0, 0.1) is 0 Å². The van der Waals surface area contributed by atoms with Gasteiger partial charge in [0.05, 0.1) is 10.8 Å². The summed E-state index contributed by atoms with van der Waals surface area (Å²) in [7, 11) is 0. The maximum atomic E-state index is 4.78. The van der Waals surface area contributed by atoms with Gasteiger partial charge in [-0.1, -0.05) is 62.2 Å². The number of benzene rings is 2. The van der Waals surface area contributed by atoms with Gasteiger partial charge in [-0.3, -0.25) is 0 Å². The van der Waals surface area contributed by atoms with Crippen molar-refractivity contribution in [2.45, 2.75) is 32.6 Å². The fourth-order valence-corrected chi connectivity index (χ4v) is 2.41. The lowest BCUT2D eigenvalue weighted by Crippen LogP contribution is -1.87. The summed E-state index contributed by atoms with van der Waals surface area (Å²) < 4.78 is 0. The second-order valence-electron chi connectivity index (χ2n) is 4.88. The van der Waals surface area contributed by atoms with E-state index in [1.54, 1.807) is 0 Å². The SMILES string of the molecule is CCCCCc1ccc(-c2ccccc2)c(N=C=S)c1. The van der Waals surface area contributed by atoms with Gasteiger partial charge < -0.3 is 0 Å². The van der Waals surface area contributed by atoms with E-state index >= 15 is 0 Å². The summed E-state index contributed by atoms with van der Waals surface area (Å²) in [6, 6.07) is 16.7. The molecule has 2 aromatic carbocycles. The van der Waals surface area contributed by atoms with E-state index in [4.69, 9.17) is 12.2 Å². The highest BCUT2D eigenvalue weighted by atomic mass is 32.1.